The Hall–Kier alpha value is -0.0800. The first-order valence-corrected chi connectivity index (χ1v) is 7.55. The van der Waals surface area contributed by atoms with Gasteiger partial charge in [0.2, 0.25) is 0 Å². The molecule has 1 aliphatic carbocycles. The Morgan fingerprint density at radius 3 is 2.65 bits per heavy atom. The molecule has 0 amide bonds. The molecule has 0 aromatic rings. The first kappa shape index (κ1) is 15.0. The Bertz CT molecular complexity index is 203. The zero-order chi connectivity index (χ0) is 12.7. The quantitative estimate of drug-likeness (QED) is 0.733. The average Bonchev–Trinajstić information content (AvgIpc) is 2.30. The fourth-order valence-electron chi connectivity index (χ4n) is 3.40. The molecule has 1 N–H and O–H groups in total. The molecule has 1 aliphatic rings. The van der Waals surface area contributed by atoms with Crippen LogP contribution >= 0.6 is 0 Å². The minimum Gasteiger partial charge on any atom is -0.374 e. The summed E-state index contributed by atoms with van der Waals surface area (Å²) >= 11 is 0. The standard InChI is InChI=1S/C15H31NO/c1-5-11-16-14(6-2)15(17-7-3)10-8-9-13(4)12-15/h13-14,16H,5-12H2,1-4H3. The van der Waals surface area contributed by atoms with Gasteiger partial charge in [0.15, 0.2) is 0 Å². The van der Waals surface area contributed by atoms with Gasteiger partial charge in [0.1, 0.15) is 0 Å². The summed E-state index contributed by atoms with van der Waals surface area (Å²) in [5.41, 5.74) is 0.107. The van der Waals surface area contributed by atoms with Crippen molar-refractivity contribution >= 4 is 0 Å². The van der Waals surface area contributed by atoms with Gasteiger partial charge in [0.05, 0.1) is 5.60 Å². The van der Waals surface area contributed by atoms with Crippen molar-refractivity contribution in [2.45, 2.75) is 77.9 Å². The van der Waals surface area contributed by atoms with E-state index in [0.29, 0.717) is 6.04 Å². The minimum absolute atomic E-state index is 0.107. The lowest BCUT2D eigenvalue weighted by molar-refractivity contribution is -0.101. The second kappa shape index (κ2) is 7.38. The van der Waals surface area contributed by atoms with E-state index in [4.69, 9.17) is 4.74 Å². The monoisotopic (exact) mass is 241 g/mol. The molecular weight excluding hydrogens is 210 g/mol. The summed E-state index contributed by atoms with van der Waals surface area (Å²) in [6.45, 7) is 11.0. The maximum atomic E-state index is 6.23. The van der Waals surface area contributed by atoms with E-state index in [1.54, 1.807) is 0 Å². The highest BCUT2D eigenvalue weighted by atomic mass is 16.5. The van der Waals surface area contributed by atoms with E-state index in [1.807, 2.05) is 0 Å². The molecular formula is C15H31NO. The topological polar surface area (TPSA) is 21.3 Å². The summed E-state index contributed by atoms with van der Waals surface area (Å²) in [5, 5.41) is 3.71. The summed E-state index contributed by atoms with van der Waals surface area (Å²) < 4.78 is 6.23. The van der Waals surface area contributed by atoms with Crippen molar-refractivity contribution in [1.82, 2.24) is 5.32 Å². The van der Waals surface area contributed by atoms with E-state index >= 15 is 0 Å². The van der Waals surface area contributed by atoms with Crippen molar-refractivity contribution in [3.63, 3.8) is 0 Å². The van der Waals surface area contributed by atoms with Gasteiger partial charge in [-0.3, -0.25) is 0 Å². The summed E-state index contributed by atoms with van der Waals surface area (Å²) in [6, 6.07) is 0.533. The summed E-state index contributed by atoms with van der Waals surface area (Å²) in [5.74, 6) is 0.813. The predicted octanol–water partition coefficient (Wildman–Crippen LogP) is 3.75. The van der Waals surface area contributed by atoms with E-state index in [-0.39, 0.29) is 5.60 Å². The van der Waals surface area contributed by atoms with Crippen LogP contribution in [-0.2, 0) is 4.74 Å². The van der Waals surface area contributed by atoms with Gasteiger partial charge in [-0.25, -0.2) is 0 Å². The predicted molar refractivity (Wildman–Crippen MR) is 74.4 cm³/mol. The molecule has 2 heteroatoms. The lowest BCUT2D eigenvalue weighted by Gasteiger charge is -2.45. The van der Waals surface area contributed by atoms with Crippen molar-refractivity contribution in [3.8, 4) is 0 Å². The van der Waals surface area contributed by atoms with E-state index < -0.39 is 0 Å². The highest BCUT2D eigenvalue weighted by Gasteiger charge is 2.41. The van der Waals surface area contributed by atoms with Crippen LogP contribution < -0.4 is 5.32 Å². The van der Waals surface area contributed by atoms with Crippen molar-refractivity contribution in [3.05, 3.63) is 0 Å². The maximum absolute atomic E-state index is 6.23. The van der Waals surface area contributed by atoms with E-state index in [9.17, 15) is 0 Å². The van der Waals surface area contributed by atoms with Crippen molar-refractivity contribution in [2.24, 2.45) is 5.92 Å². The molecule has 0 aliphatic heterocycles. The lowest BCUT2D eigenvalue weighted by atomic mass is 9.73. The van der Waals surface area contributed by atoms with Crippen LogP contribution in [0.15, 0.2) is 0 Å². The highest BCUT2D eigenvalue weighted by Crippen LogP contribution is 2.38. The lowest BCUT2D eigenvalue weighted by Crippen LogP contribution is -2.54. The summed E-state index contributed by atoms with van der Waals surface area (Å²) in [7, 11) is 0. The third-order valence-corrected chi connectivity index (χ3v) is 4.11. The maximum Gasteiger partial charge on any atom is 0.0837 e. The Kier molecular flexibility index (Phi) is 6.50. The molecule has 1 fully saturated rings. The van der Waals surface area contributed by atoms with Gasteiger partial charge in [0.25, 0.3) is 0 Å². The number of ether oxygens (including phenoxy) is 1. The van der Waals surface area contributed by atoms with Gasteiger partial charge in [-0.15, -0.1) is 0 Å². The average molecular weight is 241 g/mol. The van der Waals surface area contributed by atoms with E-state index in [2.05, 4.69) is 33.0 Å². The first-order valence-electron chi connectivity index (χ1n) is 7.55. The van der Waals surface area contributed by atoms with Gasteiger partial charge < -0.3 is 10.1 Å². The highest BCUT2D eigenvalue weighted by molar-refractivity contribution is 4.96. The van der Waals surface area contributed by atoms with E-state index in [0.717, 1.165) is 19.1 Å². The minimum atomic E-state index is 0.107. The first-order chi connectivity index (χ1) is 8.18. The zero-order valence-corrected chi connectivity index (χ0v) is 12.2. The van der Waals surface area contributed by atoms with Crippen LogP contribution in [0.3, 0.4) is 0 Å². The van der Waals surface area contributed by atoms with Crippen LogP contribution in [0.5, 0.6) is 0 Å². The molecule has 0 aromatic carbocycles. The van der Waals surface area contributed by atoms with Gasteiger partial charge in [0, 0.05) is 12.6 Å². The SMILES string of the molecule is CCCNC(CC)C1(OCC)CCCC(C)C1. The molecule has 0 heterocycles. The number of hydrogen-bond acceptors (Lipinski definition) is 2. The molecule has 2 nitrogen and oxygen atoms in total. The van der Waals surface area contributed by atoms with Gasteiger partial charge >= 0.3 is 0 Å². The molecule has 102 valence electrons. The fraction of sp³-hybridized carbons (Fsp3) is 1.00. The van der Waals surface area contributed by atoms with Crippen LogP contribution in [0.2, 0.25) is 0 Å². The Balaban J connectivity index is 2.72. The van der Waals surface area contributed by atoms with Crippen LogP contribution in [0.25, 0.3) is 0 Å². The largest absolute Gasteiger partial charge is 0.374 e. The van der Waals surface area contributed by atoms with Crippen molar-refractivity contribution < 1.29 is 4.74 Å². The molecule has 0 saturated heterocycles. The molecule has 1 rings (SSSR count). The van der Waals surface area contributed by atoms with Crippen LogP contribution in [0, 0.1) is 5.92 Å². The normalized spacial score (nSPS) is 31.4. The van der Waals surface area contributed by atoms with Crippen molar-refractivity contribution in [2.75, 3.05) is 13.2 Å². The summed E-state index contributed by atoms with van der Waals surface area (Å²) in [6.07, 6.45) is 7.54. The number of nitrogens with one attached hydrogen (secondary N) is 1. The van der Waals surface area contributed by atoms with Gasteiger partial charge in [-0.2, -0.15) is 0 Å². The second-order valence-electron chi connectivity index (χ2n) is 5.61. The molecule has 3 unspecified atom stereocenters. The molecule has 0 aromatic heterocycles. The molecule has 0 bridgehead atoms. The Morgan fingerprint density at radius 1 is 1.35 bits per heavy atom. The van der Waals surface area contributed by atoms with Crippen LogP contribution in [0.4, 0.5) is 0 Å². The molecule has 0 spiro atoms. The van der Waals surface area contributed by atoms with Gasteiger partial charge in [-0.1, -0.05) is 33.6 Å². The van der Waals surface area contributed by atoms with Crippen LogP contribution in [-0.4, -0.2) is 24.8 Å². The number of rotatable bonds is 7. The second-order valence-corrected chi connectivity index (χ2v) is 5.61. The third-order valence-electron chi connectivity index (χ3n) is 4.11. The molecule has 0 radical (unpaired) electrons. The number of hydrogen-bond donors (Lipinski definition) is 1. The molecule has 3 atom stereocenters. The smallest absolute Gasteiger partial charge is 0.0837 e. The molecule has 17 heavy (non-hydrogen) atoms. The van der Waals surface area contributed by atoms with E-state index in [1.165, 1.54) is 38.5 Å². The Morgan fingerprint density at radius 2 is 2.12 bits per heavy atom. The Labute approximate surface area is 108 Å². The summed E-state index contributed by atoms with van der Waals surface area (Å²) in [4.78, 5) is 0. The molecule has 1 saturated carbocycles. The van der Waals surface area contributed by atoms with Gasteiger partial charge in [-0.05, 0) is 45.1 Å². The van der Waals surface area contributed by atoms with Crippen molar-refractivity contribution in [1.29, 1.82) is 0 Å². The third kappa shape index (κ3) is 3.96. The zero-order valence-electron chi connectivity index (χ0n) is 12.2. The fourth-order valence-corrected chi connectivity index (χ4v) is 3.40. The van der Waals surface area contributed by atoms with Crippen LogP contribution in [0.1, 0.15) is 66.2 Å².